The van der Waals surface area contributed by atoms with Crippen molar-refractivity contribution >= 4 is 5.91 Å². The van der Waals surface area contributed by atoms with Gasteiger partial charge in [-0.1, -0.05) is 18.2 Å². The van der Waals surface area contributed by atoms with Crippen LogP contribution in [0.25, 0.3) is 0 Å². The van der Waals surface area contributed by atoms with Crippen LogP contribution < -0.4 is 14.8 Å². The first kappa shape index (κ1) is 18.8. The molecule has 4 rings (SSSR count). The minimum atomic E-state index is -0.0853. The Bertz CT molecular complexity index is 827. The second kappa shape index (κ2) is 8.20. The molecule has 28 heavy (non-hydrogen) atoms. The van der Waals surface area contributed by atoms with Crippen LogP contribution in [-0.2, 0) is 17.8 Å². The standard InChI is InChI=1S/C22H26N2O4/c1-15-11-24(12-16(2)28-15)13-17-3-6-19(7-4-17)22(25)23-10-18-5-8-20-21(9-18)27-14-26-20/h3-9,15-16H,10-14H2,1-2H3,(H,23,25)/t15-,16-/m0/s1. The van der Waals surface area contributed by atoms with Crippen molar-refractivity contribution in [2.24, 2.45) is 0 Å². The molecule has 6 nitrogen and oxygen atoms in total. The van der Waals surface area contributed by atoms with E-state index in [1.54, 1.807) is 0 Å². The maximum absolute atomic E-state index is 12.4. The third-order valence-corrected chi connectivity index (χ3v) is 5.01. The molecule has 2 atom stereocenters. The summed E-state index contributed by atoms with van der Waals surface area (Å²) < 4.78 is 16.5. The van der Waals surface area contributed by atoms with E-state index in [0.29, 0.717) is 12.1 Å². The van der Waals surface area contributed by atoms with Crippen LogP contribution in [-0.4, -0.2) is 42.9 Å². The highest BCUT2D eigenvalue weighted by molar-refractivity contribution is 5.94. The minimum Gasteiger partial charge on any atom is -0.454 e. The second-order valence-electron chi connectivity index (χ2n) is 7.52. The summed E-state index contributed by atoms with van der Waals surface area (Å²) in [5.74, 6) is 1.38. The Morgan fingerprint density at radius 1 is 1.00 bits per heavy atom. The van der Waals surface area contributed by atoms with E-state index in [2.05, 4.69) is 24.1 Å². The highest BCUT2D eigenvalue weighted by atomic mass is 16.7. The summed E-state index contributed by atoms with van der Waals surface area (Å²) in [7, 11) is 0. The fourth-order valence-electron chi connectivity index (χ4n) is 3.77. The van der Waals surface area contributed by atoms with Gasteiger partial charge in [-0.25, -0.2) is 0 Å². The Morgan fingerprint density at radius 3 is 2.43 bits per heavy atom. The number of nitrogens with zero attached hydrogens (tertiary/aromatic N) is 1. The molecule has 2 heterocycles. The third kappa shape index (κ3) is 4.46. The monoisotopic (exact) mass is 382 g/mol. The molecule has 1 saturated heterocycles. The van der Waals surface area contributed by atoms with Gasteiger partial charge in [-0.2, -0.15) is 0 Å². The number of rotatable bonds is 5. The average molecular weight is 382 g/mol. The predicted octanol–water partition coefficient (Wildman–Crippen LogP) is 2.95. The predicted molar refractivity (Wildman–Crippen MR) is 105 cm³/mol. The van der Waals surface area contributed by atoms with Crippen LogP contribution in [0.1, 0.15) is 35.3 Å². The van der Waals surface area contributed by atoms with Crippen LogP contribution >= 0.6 is 0 Å². The molecule has 6 heteroatoms. The molecule has 2 aromatic carbocycles. The highest BCUT2D eigenvalue weighted by Gasteiger charge is 2.22. The van der Waals surface area contributed by atoms with Gasteiger partial charge in [-0.05, 0) is 49.2 Å². The zero-order valence-electron chi connectivity index (χ0n) is 16.3. The van der Waals surface area contributed by atoms with Gasteiger partial charge >= 0.3 is 0 Å². The van der Waals surface area contributed by atoms with Gasteiger partial charge in [0.05, 0.1) is 12.2 Å². The van der Waals surface area contributed by atoms with E-state index in [1.165, 1.54) is 5.56 Å². The van der Waals surface area contributed by atoms with E-state index in [0.717, 1.165) is 36.7 Å². The van der Waals surface area contributed by atoms with Crippen LogP contribution in [0.3, 0.4) is 0 Å². The van der Waals surface area contributed by atoms with Crippen molar-refractivity contribution in [2.45, 2.75) is 39.1 Å². The summed E-state index contributed by atoms with van der Waals surface area (Å²) >= 11 is 0. The van der Waals surface area contributed by atoms with Crippen molar-refractivity contribution < 1.29 is 19.0 Å². The molecule has 0 aromatic heterocycles. The first-order valence-electron chi connectivity index (χ1n) is 9.70. The molecule has 0 unspecified atom stereocenters. The smallest absolute Gasteiger partial charge is 0.251 e. The quantitative estimate of drug-likeness (QED) is 0.862. The molecule has 0 spiro atoms. The van der Waals surface area contributed by atoms with Gasteiger partial charge < -0.3 is 19.5 Å². The Hall–Kier alpha value is -2.57. The lowest BCUT2D eigenvalue weighted by Crippen LogP contribution is -2.44. The second-order valence-corrected chi connectivity index (χ2v) is 7.52. The normalized spacial score (nSPS) is 21.5. The number of hydrogen-bond donors (Lipinski definition) is 1. The number of fused-ring (bicyclic) bond motifs is 1. The largest absolute Gasteiger partial charge is 0.454 e. The van der Waals surface area contributed by atoms with E-state index in [4.69, 9.17) is 14.2 Å². The topological polar surface area (TPSA) is 60.0 Å². The number of carbonyl (C=O) groups excluding carboxylic acids is 1. The fraction of sp³-hybridized carbons (Fsp3) is 0.409. The van der Waals surface area contributed by atoms with Gasteiger partial charge in [0.2, 0.25) is 6.79 Å². The van der Waals surface area contributed by atoms with E-state index < -0.39 is 0 Å². The van der Waals surface area contributed by atoms with Gasteiger partial charge in [-0.3, -0.25) is 9.69 Å². The highest BCUT2D eigenvalue weighted by Crippen LogP contribution is 2.32. The number of benzene rings is 2. The van der Waals surface area contributed by atoms with Crippen molar-refractivity contribution in [3.63, 3.8) is 0 Å². The molecule has 0 aliphatic carbocycles. The Kier molecular flexibility index (Phi) is 5.50. The van der Waals surface area contributed by atoms with Crippen molar-refractivity contribution in [1.29, 1.82) is 0 Å². The van der Waals surface area contributed by atoms with Crippen molar-refractivity contribution in [3.8, 4) is 11.5 Å². The van der Waals surface area contributed by atoms with E-state index in [-0.39, 0.29) is 24.9 Å². The average Bonchev–Trinajstić information content (AvgIpc) is 3.14. The summed E-state index contributed by atoms with van der Waals surface area (Å²) in [4.78, 5) is 14.8. The van der Waals surface area contributed by atoms with Gasteiger partial charge in [-0.15, -0.1) is 0 Å². The lowest BCUT2D eigenvalue weighted by molar-refractivity contribution is -0.0704. The molecule has 1 amide bonds. The summed E-state index contributed by atoms with van der Waals surface area (Å²) in [6, 6.07) is 13.5. The van der Waals surface area contributed by atoms with E-state index >= 15 is 0 Å². The van der Waals surface area contributed by atoms with Crippen LogP contribution in [0.15, 0.2) is 42.5 Å². The SMILES string of the molecule is C[C@H]1CN(Cc2ccc(C(=O)NCc3ccc4c(c3)OCO4)cc2)C[C@H](C)O1. The van der Waals surface area contributed by atoms with Crippen molar-refractivity contribution in [1.82, 2.24) is 10.2 Å². The summed E-state index contributed by atoms with van der Waals surface area (Å²) in [5.41, 5.74) is 2.84. The Balaban J connectivity index is 1.31. The number of carbonyl (C=O) groups is 1. The number of ether oxygens (including phenoxy) is 3. The van der Waals surface area contributed by atoms with Crippen LogP contribution in [0, 0.1) is 0 Å². The molecule has 1 fully saturated rings. The lowest BCUT2D eigenvalue weighted by Gasteiger charge is -2.35. The van der Waals surface area contributed by atoms with Crippen LogP contribution in [0.5, 0.6) is 11.5 Å². The first-order valence-corrected chi connectivity index (χ1v) is 9.70. The van der Waals surface area contributed by atoms with E-state index in [1.807, 2.05) is 42.5 Å². The number of morpholine rings is 1. The molecular formula is C22H26N2O4. The molecule has 2 aliphatic heterocycles. The van der Waals surface area contributed by atoms with Crippen LogP contribution in [0.2, 0.25) is 0 Å². The molecule has 2 aromatic rings. The number of amides is 1. The minimum absolute atomic E-state index is 0.0853. The van der Waals surface area contributed by atoms with Gasteiger partial charge in [0.15, 0.2) is 11.5 Å². The summed E-state index contributed by atoms with van der Waals surface area (Å²) in [6.45, 7) is 7.65. The zero-order chi connectivity index (χ0) is 19.5. The fourth-order valence-corrected chi connectivity index (χ4v) is 3.77. The van der Waals surface area contributed by atoms with E-state index in [9.17, 15) is 4.79 Å². The third-order valence-electron chi connectivity index (χ3n) is 5.01. The van der Waals surface area contributed by atoms with Gasteiger partial charge in [0.1, 0.15) is 0 Å². The first-order chi connectivity index (χ1) is 13.6. The Morgan fingerprint density at radius 2 is 1.68 bits per heavy atom. The molecule has 0 radical (unpaired) electrons. The maximum Gasteiger partial charge on any atom is 0.251 e. The zero-order valence-corrected chi connectivity index (χ0v) is 16.3. The molecule has 0 bridgehead atoms. The lowest BCUT2D eigenvalue weighted by atomic mass is 10.1. The maximum atomic E-state index is 12.4. The Labute approximate surface area is 165 Å². The van der Waals surface area contributed by atoms with Crippen LogP contribution in [0.4, 0.5) is 0 Å². The van der Waals surface area contributed by atoms with Crippen molar-refractivity contribution in [2.75, 3.05) is 19.9 Å². The van der Waals surface area contributed by atoms with Crippen molar-refractivity contribution in [3.05, 3.63) is 59.2 Å². The molecule has 148 valence electrons. The van der Waals surface area contributed by atoms with Gasteiger partial charge in [0.25, 0.3) is 5.91 Å². The molecular weight excluding hydrogens is 356 g/mol. The summed E-state index contributed by atoms with van der Waals surface area (Å²) in [6.07, 6.45) is 0.509. The number of nitrogens with one attached hydrogen (secondary N) is 1. The molecule has 1 N–H and O–H groups in total. The summed E-state index contributed by atoms with van der Waals surface area (Å²) in [5, 5.41) is 2.96. The van der Waals surface area contributed by atoms with Gasteiger partial charge in [0, 0.05) is 31.7 Å². The number of hydrogen-bond acceptors (Lipinski definition) is 5. The molecule has 0 saturated carbocycles. The molecule has 2 aliphatic rings.